The lowest BCUT2D eigenvalue weighted by atomic mass is 9.75. The molecule has 78 valence electrons. The molecule has 0 amide bonds. The topological polar surface area (TPSA) is 0 Å². The first-order valence-corrected chi connectivity index (χ1v) is 5.95. The molecule has 0 aromatic rings. The summed E-state index contributed by atoms with van der Waals surface area (Å²) < 4.78 is 0. The monoisotopic (exact) mass is 182 g/mol. The van der Waals surface area contributed by atoms with E-state index < -0.39 is 0 Å². The van der Waals surface area contributed by atoms with Gasteiger partial charge in [-0.1, -0.05) is 41.5 Å². The van der Waals surface area contributed by atoms with Crippen LogP contribution in [0.25, 0.3) is 0 Å². The zero-order valence-electron chi connectivity index (χ0n) is 10.2. The molecule has 5 atom stereocenters. The average Bonchev–Trinajstić information content (AvgIpc) is 2.26. The fourth-order valence-electron chi connectivity index (χ4n) is 3.30. The van der Waals surface area contributed by atoms with Crippen molar-refractivity contribution >= 4 is 0 Å². The zero-order valence-corrected chi connectivity index (χ0v) is 10.2. The molecule has 0 radical (unpaired) electrons. The summed E-state index contributed by atoms with van der Waals surface area (Å²) in [4.78, 5) is 0. The maximum Gasteiger partial charge on any atom is -0.0332 e. The Labute approximate surface area is 84.1 Å². The Balaban J connectivity index is 2.68. The van der Waals surface area contributed by atoms with Gasteiger partial charge in [-0.15, -0.1) is 0 Å². The molecular weight excluding hydrogens is 156 g/mol. The Hall–Kier alpha value is 0. The van der Waals surface area contributed by atoms with Crippen LogP contribution >= 0.6 is 0 Å². The van der Waals surface area contributed by atoms with E-state index in [-0.39, 0.29) is 0 Å². The Bertz CT molecular complexity index is 159. The summed E-state index contributed by atoms with van der Waals surface area (Å²) in [5.41, 5.74) is 0. The summed E-state index contributed by atoms with van der Waals surface area (Å²) in [6.07, 6.45) is 1.45. The number of hydrogen-bond acceptors (Lipinski definition) is 0. The summed E-state index contributed by atoms with van der Waals surface area (Å²) in [7, 11) is 0. The molecule has 0 bridgehead atoms. The van der Waals surface area contributed by atoms with Crippen LogP contribution in [-0.2, 0) is 0 Å². The molecule has 1 saturated carbocycles. The van der Waals surface area contributed by atoms with Crippen LogP contribution < -0.4 is 0 Å². The molecule has 0 aromatic carbocycles. The molecule has 1 aliphatic carbocycles. The normalized spacial score (nSPS) is 42.7. The maximum atomic E-state index is 2.46. The molecule has 0 nitrogen and oxygen atoms in total. The number of rotatable bonds is 2. The third-order valence-electron chi connectivity index (χ3n) is 4.56. The largest absolute Gasteiger partial charge is 0.0625 e. The van der Waals surface area contributed by atoms with Crippen molar-refractivity contribution in [3.63, 3.8) is 0 Å². The van der Waals surface area contributed by atoms with Gasteiger partial charge in [-0.05, 0) is 41.9 Å². The second kappa shape index (κ2) is 4.02. The van der Waals surface area contributed by atoms with Gasteiger partial charge in [-0.3, -0.25) is 0 Å². The van der Waals surface area contributed by atoms with E-state index in [0.29, 0.717) is 0 Å². The number of hydrogen-bond donors (Lipinski definition) is 0. The molecule has 0 aromatic heterocycles. The van der Waals surface area contributed by atoms with Crippen LogP contribution in [0.4, 0.5) is 0 Å². The van der Waals surface area contributed by atoms with Crippen LogP contribution in [0.5, 0.6) is 0 Å². The summed E-state index contributed by atoms with van der Waals surface area (Å²) in [6.45, 7) is 14.5. The van der Waals surface area contributed by atoms with Crippen molar-refractivity contribution in [3.8, 4) is 0 Å². The summed E-state index contributed by atoms with van der Waals surface area (Å²) in [5.74, 6) is 5.54. The maximum absolute atomic E-state index is 2.46. The van der Waals surface area contributed by atoms with E-state index in [1.807, 2.05) is 0 Å². The first-order valence-electron chi connectivity index (χ1n) is 5.95. The quantitative estimate of drug-likeness (QED) is 0.600. The van der Waals surface area contributed by atoms with Gasteiger partial charge in [0, 0.05) is 0 Å². The van der Waals surface area contributed by atoms with E-state index in [0.717, 1.165) is 35.5 Å². The first-order chi connectivity index (χ1) is 5.95. The Morgan fingerprint density at radius 2 is 1.46 bits per heavy atom. The van der Waals surface area contributed by atoms with Crippen LogP contribution in [0.2, 0.25) is 0 Å². The third-order valence-corrected chi connectivity index (χ3v) is 4.56. The standard InChI is InChI=1S/C13H26/c1-8(2)11(5)13-10(4)7-9(3)12(13)6/h8-13H,7H2,1-6H3. The summed E-state index contributed by atoms with van der Waals surface area (Å²) in [6, 6.07) is 0. The van der Waals surface area contributed by atoms with E-state index in [1.54, 1.807) is 0 Å². The second-order valence-electron chi connectivity index (χ2n) is 5.73. The molecule has 0 heteroatoms. The van der Waals surface area contributed by atoms with Crippen LogP contribution in [0, 0.1) is 35.5 Å². The fraction of sp³-hybridized carbons (Fsp3) is 1.00. The highest BCUT2D eigenvalue weighted by Gasteiger charge is 2.39. The van der Waals surface area contributed by atoms with Gasteiger partial charge in [-0.2, -0.15) is 0 Å². The minimum absolute atomic E-state index is 0.847. The van der Waals surface area contributed by atoms with Gasteiger partial charge in [0.05, 0.1) is 0 Å². The lowest BCUT2D eigenvalue weighted by Crippen LogP contribution is -2.24. The highest BCUT2D eigenvalue weighted by Crippen LogP contribution is 2.46. The van der Waals surface area contributed by atoms with E-state index in [9.17, 15) is 0 Å². The van der Waals surface area contributed by atoms with Crippen molar-refractivity contribution in [1.29, 1.82) is 0 Å². The molecule has 13 heavy (non-hydrogen) atoms. The molecular formula is C13H26. The zero-order chi connectivity index (χ0) is 10.2. The molecule has 0 aliphatic heterocycles. The molecule has 1 aliphatic rings. The van der Waals surface area contributed by atoms with Gasteiger partial charge in [0.25, 0.3) is 0 Å². The molecule has 5 unspecified atom stereocenters. The highest BCUT2D eigenvalue weighted by atomic mass is 14.4. The molecule has 1 fully saturated rings. The van der Waals surface area contributed by atoms with Crippen molar-refractivity contribution in [2.24, 2.45) is 35.5 Å². The Morgan fingerprint density at radius 1 is 0.923 bits per heavy atom. The van der Waals surface area contributed by atoms with E-state index in [4.69, 9.17) is 0 Å². The molecule has 1 rings (SSSR count). The van der Waals surface area contributed by atoms with Crippen molar-refractivity contribution in [1.82, 2.24) is 0 Å². The van der Waals surface area contributed by atoms with Gasteiger partial charge < -0.3 is 0 Å². The molecule has 0 saturated heterocycles. The van der Waals surface area contributed by atoms with Gasteiger partial charge >= 0.3 is 0 Å². The predicted octanol–water partition coefficient (Wildman–Crippen LogP) is 4.21. The van der Waals surface area contributed by atoms with Crippen LogP contribution in [0.3, 0.4) is 0 Å². The van der Waals surface area contributed by atoms with Crippen molar-refractivity contribution in [2.45, 2.75) is 48.0 Å². The van der Waals surface area contributed by atoms with E-state index in [2.05, 4.69) is 41.5 Å². The van der Waals surface area contributed by atoms with E-state index >= 15 is 0 Å². The van der Waals surface area contributed by atoms with Crippen molar-refractivity contribution < 1.29 is 0 Å². The molecule has 0 heterocycles. The minimum Gasteiger partial charge on any atom is -0.0625 e. The molecule has 0 spiro atoms. The lowest BCUT2D eigenvalue weighted by molar-refractivity contribution is 0.181. The highest BCUT2D eigenvalue weighted by molar-refractivity contribution is 4.88. The predicted molar refractivity (Wildman–Crippen MR) is 59.6 cm³/mol. The van der Waals surface area contributed by atoms with Gasteiger partial charge in [0.1, 0.15) is 0 Å². The van der Waals surface area contributed by atoms with Gasteiger partial charge in [0.2, 0.25) is 0 Å². The summed E-state index contributed by atoms with van der Waals surface area (Å²) >= 11 is 0. The summed E-state index contributed by atoms with van der Waals surface area (Å²) in [5, 5.41) is 0. The van der Waals surface area contributed by atoms with Crippen molar-refractivity contribution in [2.75, 3.05) is 0 Å². The SMILES string of the molecule is CC(C)C(C)C1C(C)CC(C)C1C. The Kier molecular flexibility index (Phi) is 3.43. The van der Waals surface area contributed by atoms with Gasteiger partial charge in [-0.25, -0.2) is 0 Å². The van der Waals surface area contributed by atoms with E-state index in [1.165, 1.54) is 6.42 Å². The smallest absolute Gasteiger partial charge is 0.0332 e. The minimum atomic E-state index is 0.847. The van der Waals surface area contributed by atoms with Gasteiger partial charge in [0.15, 0.2) is 0 Å². The average molecular weight is 182 g/mol. The first kappa shape index (κ1) is 11.1. The third kappa shape index (κ3) is 2.08. The van der Waals surface area contributed by atoms with Crippen LogP contribution in [0.1, 0.15) is 48.0 Å². The van der Waals surface area contributed by atoms with Crippen LogP contribution in [0.15, 0.2) is 0 Å². The van der Waals surface area contributed by atoms with Crippen LogP contribution in [-0.4, -0.2) is 0 Å². The Morgan fingerprint density at radius 3 is 1.77 bits per heavy atom. The second-order valence-corrected chi connectivity index (χ2v) is 5.73. The molecule has 0 N–H and O–H groups in total. The lowest BCUT2D eigenvalue weighted by Gasteiger charge is -2.30. The van der Waals surface area contributed by atoms with Crippen molar-refractivity contribution in [3.05, 3.63) is 0 Å². The fourth-order valence-corrected chi connectivity index (χ4v) is 3.30.